The molecule has 5 heteroatoms. The number of hydrogen-bond donors (Lipinski definition) is 2. The molecule has 0 radical (unpaired) electrons. The molecule has 0 atom stereocenters. The van der Waals surface area contributed by atoms with Crippen LogP contribution >= 0.6 is 12.2 Å². The molecule has 0 fully saturated rings. The molecule has 0 unspecified atom stereocenters. The minimum Gasteiger partial charge on any atom is -0.487 e. The summed E-state index contributed by atoms with van der Waals surface area (Å²) in [6, 6.07) is 7.11. The zero-order valence-electron chi connectivity index (χ0n) is 11.5. The minimum absolute atomic E-state index is 0.00399. The topological polar surface area (TPSA) is 64.3 Å². The van der Waals surface area contributed by atoms with Crippen molar-refractivity contribution in [3.63, 3.8) is 0 Å². The first-order valence-electron chi connectivity index (χ1n) is 6.07. The number of rotatable bonds is 5. The molecule has 0 aliphatic carbocycles. The highest BCUT2D eigenvalue weighted by Crippen LogP contribution is 2.20. The van der Waals surface area contributed by atoms with Gasteiger partial charge in [0.1, 0.15) is 17.3 Å². The van der Waals surface area contributed by atoms with E-state index >= 15 is 0 Å². The van der Waals surface area contributed by atoms with Crippen LogP contribution in [0.4, 0.5) is 5.69 Å². The van der Waals surface area contributed by atoms with Crippen LogP contribution in [0.1, 0.15) is 27.2 Å². The Morgan fingerprint density at radius 3 is 2.37 bits per heavy atom. The van der Waals surface area contributed by atoms with E-state index in [4.69, 9.17) is 22.7 Å². The molecule has 0 saturated heterocycles. The van der Waals surface area contributed by atoms with Gasteiger partial charge < -0.3 is 15.8 Å². The molecule has 0 bridgehead atoms. The van der Waals surface area contributed by atoms with Gasteiger partial charge in [-0.15, -0.1) is 0 Å². The second-order valence-electron chi connectivity index (χ2n) is 5.56. The molecule has 104 valence electrons. The van der Waals surface area contributed by atoms with Gasteiger partial charge >= 0.3 is 0 Å². The van der Waals surface area contributed by atoms with Crippen LogP contribution in [-0.4, -0.2) is 17.5 Å². The van der Waals surface area contributed by atoms with E-state index < -0.39 is 0 Å². The van der Waals surface area contributed by atoms with Gasteiger partial charge in [0, 0.05) is 12.1 Å². The molecule has 4 nitrogen and oxygen atoms in total. The molecule has 3 N–H and O–H groups in total. The summed E-state index contributed by atoms with van der Waals surface area (Å²) in [5.74, 6) is 0.672. The molecule has 0 heterocycles. The van der Waals surface area contributed by atoms with E-state index in [1.807, 2.05) is 20.8 Å². The van der Waals surface area contributed by atoms with Crippen molar-refractivity contribution in [1.82, 2.24) is 0 Å². The normalized spacial score (nSPS) is 10.9. The summed E-state index contributed by atoms with van der Waals surface area (Å²) in [5.41, 5.74) is 6.07. The molecular weight excluding hydrogens is 260 g/mol. The fourth-order valence-corrected chi connectivity index (χ4v) is 1.53. The number of hydrogen-bond acceptors (Lipinski definition) is 3. The number of nitrogens with two attached hydrogens (primary N) is 1. The van der Waals surface area contributed by atoms with Crippen LogP contribution in [0.3, 0.4) is 0 Å². The fourth-order valence-electron chi connectivity index (χ4n) is 1.48. The van der Waals surface area contributed by atoms with E-state index in [1.165, 1.54) is 0 Å². The van der Waals surface area contributed by atoms with Crippen molar-refractivity contribution in [2.24, 2.45) is 11.1 Å². The number of anilines is 1. The third-order valence-electron chi connectivity index (χ3n) is 2.21. The lowest BCUT2D eigenvalue weighted by molar-refractivity contribution is -0.117. The van der Waals surface area contributed by atoms with Crippen LogP contribution in [-0.2, 0) is 4.79 Å². The lowest BCUT2D eigenvalue weighted by Gasteiger charge is -2.17. The zero-order valence-corrected chi connectivity index (χ0v) is 12.3. The van der Waals surface area contributed by atoms with Crippen molar-refractivity contribution < 1.29 is 9.53 Å². The van der Waals surface area contributed by atoms with Crippen LogP contribution in [0.5, 0.6) is 5.75 Å². The molecule has 19 heavy (non-hydrogen) atoms. The van der Waals surface area contributed by atoms with Crippen molar-refractivity contribution in [1.29, 1.82) is 0 Å². The van der Waals surface area contributed by atoms with Crippen LogP contribution in [0, 0.1) is 5.41 Å². The molecule has 0 aromatic heterocycles. The summed E-state index contributed by atoms with van der Waals surface area (Å²) in [7, 11) is 0. The van der Waals surface area contributed by atoms with Crippen molar-refractivity contribution in [3.05, 3.63) is 24.3 Å². The van der Waals surface area contributed by atoms with Crippen molar-refractivity contribution in [2.45, 2.75) is 27.2 Å². The van der Waals surface area contributed by atoms with Gasteiger partial charge in [0.2, 0.25) is 5.91 Å². The molecule has 0 aliphatic rings. The smallest absolute Gasteiger partial charge is 0.224 e. The highest BCUT2D eigenvalue weighted by Gasteiger charge is 2.15. The molecule has 0 spiro atoms. The number of amides is 1. The van der Waals surface area contributed by atoms with E-state index in [0.29, 0.717) is 17.2 Å². The zero-order chi connectivity index (χ0) is 14.5. The third-order valence-corrected chi connectivity index (χ3v) is 2.33. The highest BCUT2D eigenvalue weighted by atomic mass is 32.1. The second kappa shape index (κ2) is 6.52. The quantitative estimate of drug-likeness (QED) is 0.814. The van der Waals surface area contributed by atoms with Crippen molar-refractivity contribution >= 4 is 28.8 Å². The fraction of sp³-hybridized carbons (Fsp3) is 0.429. The van der Waals surface area contributed by atoms with E-state index in [9.17, 15) is 4.79 Å². The first-order valence-corrected chi connectivity index (χ1v) is 6.48. The van der Waals surface area contributed by atoms with E-state index in [2.05, 4.69) is 5.32 Å². The molecule has 0 saturated carbocycles. The van der Waals surface area contributed by atoms with Gasteiger partial charge in [-0.1, -0.05) is 33.0 Å². The Hall–Kier alpha value is -1.62. The Balaban J connectivity index is 2.52. The van der Waals surface area contributed by atoms with Gasteiger partial charge in [-0.05, 0) is 29.7 Å². The maximum Gasteiger partial charge on any atom is 0.224 e. The minimum atomic E-state index is -0.0239. The standard InChI is InChI=1S/C14H20N2O2S/c1-14(2,3)8-13(17)16-10-4-6-11(7-5-10)18-9-12(15)19/h4-7H,8-9H2,1-3H3,(H2,15,19)(H,16,17). The van der Waals surface area contributed by atoms with Crippen molar-refractivity contribution in [2.75, 3.05) is 11.9 Å². The number of benzene rings is 1. The lowest BCUT2D eigenvalue weighted by atomic mass is 9.92. The predicted octanol–water partition coefficient (Wildman–Crippen LogP) is 2.73. The molecule has 1 aromatic rings. The van der Waals surface area contributed by atoms with Crippen LogP contribution in [0.15, 0.2) is 24.3 Å². The highest BCUT2D eigenvalue weighted by molar-refractivity contribution is 7.80. The van der Waals surface area contributed by atoms with E-state index in [0.717, 1.165) is 5.69 Å². The Bertz CT molecular complexity index is 450. The van der Waals surface area contributed by atoms with Crippen LogP contribution in [0.2, 0.25) is 0 Å². The summed E-state index contributed by atoms with van der Waals surface area (Å²) in [4.78, 5) is 12.1. The number of thiocarbonyl (C=S) groups is 1. The Morgan fingerprint density at radius 2 is 1.89 bits per heavy atom. The van der Waals surface area contributed by atoms with Gasteiger partial charge in [-0.3, -0.25) is 4.79 Å². The number of nitrogens with one attached hydrogen (secondary N) is 1. The maximum atomic E-state index is 11.8. The predicted molar refractivity (Wildman–Crippen MR) is 81.4 cm³/mol. The van der Waals surface area contributed by atoms with E-state index in [1.54, 1.807) is 24.3 Å². The summed E-state index contributed by atoms with van der Waals surface area (Å²) in [5, 5.41) is 2.85. The summed E-state index contributed by atoms with van der Waals surface area (Å²) >= 11 is 4.72. The summed E-state index contributed by atoms with van der Waals surface area (Å²) in [6.45, 7) is 6.29. The van der Waals surface area contributed by atoms with Crippen LogP contribution < -0.4 is 15.8 Å². The average molecular weight is 280 g/mol. The van der Waals surface area contributed by atoms with Gasteiger partial charge in [0.15, 0.2) is 0 Å². The first kappa shape index (κ1) is 15.4. The summed E-state index contributed by atoms with van der Waals surface area (Å²) in [6.07, 6.45) is 0.479. The Kier molecular flexibility index (Phi) is 5.30. The van der Waals surface area contributed by atoms with Gasteiger partial charge in [-0.2, -0.15) is 0 Å². The van der Waals surface area contributed by atoms with Gasteiger partial charge in [0.05, 0.1) is 0 Å². The molecule has 1 aromatic carbocycles. The second-order valence-corrected chi connectivity index (χ2v) is 6.09. The molecular formula is C14H20N2O2S. The Morgan fingerprint density at radius 1 is 1.32 bits per heavy atom. The largest absolute Gasteiger partial charge is 0.487 e. The van der Waals surface area contributed by atoms with Crippen LogP contribution in [0.25, 0.3) is 0 Å². The number of carbonyl (C=O) groups excluding carboxylic acids is 1. The maximum absolute atomic E-state index is 11.8. The van der Waals surface area contributed by atoms with Crippen molar-refractivity contribution in [3.8, 4) is 5.75 Å². The van der Waals surface area contributed by atoms with E-state index in [-0.39, 0.29) is 17.9 Å². The monoisotopic (exact) mass is 280 g/mol. The number of ether oxygens (including phenoxy) is 1. The lowest BCUT2D eigenvalue weighted by Crippen LogP contribution is -2.19. The molecule has 1 rings (SSSR count). The number of carbonyl (C=O) groups is 1. The molecule has 0 aliphatic heterocycles. The average Bonchev–Trinajstić information content (AvgIpc) is 2.25. The SMILES string of the molecule is CC(C)(C)CC(=O)Nc1ccc(OCC(N)=S)cc1. The van der Waals surface area contributed by atoms with Gasteiger partial charge in [-0.25, -0.2) is 0 Å². The van der Waals surface area contributed by atoms with Gasteiger partial charge in [0.25, 0.3) is 0 Å². The summed E-state index contributed by atoms with van der Waals surface area (Å²) < 4.78 is 5.33. The first-order chi connectivity index (χ1) is 8.76. The Labute approximate surface area is 119 Å². The third kappa shape index (κ3) is 6.76. The molecule has 1 amide bonds.